The van der Waals surface area contributed by atoms with Crippen LogP contribution in [0.25, 0.3) is 0 Å². The van der Waals surface area contributed by atoms with Crippen LogP contribution in [-0.4, -0.2) is 21.5 Å². The van der Waals surface area contributed by atoms with E-state index in [4.69, 9.17) is 0 Å². The fourth-order valence-electron chi connectivity index (χ4n) is 2.66. The van der Waals surface area contributed by atoms with Crippen LogP contribution in [0.5, 0.6) is 0 Å². The summed E-state index contributed by atoms with van der Waals surface area (Å²) < 4.78 is 2.16. The van der Waals surface area contributed by atoms with Crippen molar-refractivity contribution in [3.05, 3.63) is 53.6 Å². The molecule has 1 aliphatic rings. The minimum atomic E-state index is 0.104. The minimum absolute atomic E-state index is 0.104. The van der Waals surface area contributed by atoms with E-state index in [1.165, 1.54) is 11.3 Å². The summed E-state index contributed by atoms with van der Waals surface area (Å²) in [6.45, 7) is 2.99. The van der Waals surface area contributed by atoms with Crippen LogP contribution >= 0.6 is 0 Å². The topological polar surface area (TPSA) is 46.9 Å². The summed E-state index contributed by atoms with van der Waals surface area (Å²) in [5.41, 5.74) is 3.49. The van der Waals surface area contributed by atoms with Crippen molar-refractivity contribution in [2.45, 2.75) is 38.8 Å². The molecule has 0 aliphatic carbocycles. The third-order valence-electron chi connectivity index (χ3n) is 3.82. The Morgan fingerprint density at radius 1 is 1.40 bits per heavy atom. The fraction of sp³-hybridized carbons (Fsp3) is 0.375. The highest BCUT2D eigenvalue weighted by Gasteiger charge is 2.20. The zero-order chi connectivity index (χ0) is 13.9. The summed E-state index contributed by atoms with van der Waals surface area (Å²) in [4.78, 5) is 16.2. The zero-order valence-corrected chi connectivity index (χ0v) is 11.7. The number of carbonyl (C=O) groups excluding carboxylic acids is 1. The Balaban J connectivity index is 1.56. The van der Waals surface area contributed by atoms with E-state index in [2.05, 4.69) is 21.8 Å². The van der Waals surface area contributed by atoms with E-state index < -0.39 is 0 Å². The van der Waals surface area contributed by atoms with Crippen LogP contribution in [0.3, 0.4) is 0 Å². The Hall–Kier alpha value is -2.10. The second-order valence-corrected chi connectivity index (χ2v) is 5.50. The number of aryl methyl sites for hydroxylation is 2. The smallest absolute Gasteiger partial charge is 0.224 e. The first kappa shape index (κ1) is 12.9. The van der Waals surface area contributed by atoms with Gasteiger partial charge in [0.2, 0.25) is 5.91 Å². The van der Waals surface area contributed by atoms with Gasteiger partial charge < -0.3 is 9.88 Å². The fourth-order valence-corrected chi connectivity index (χ4v) is 2.66. The van der Waals surface area contributed by atoms with Crippen LogP contribution in [0.15, 0.2) is 36.8 Å². The molecular weight excluding hydrogens is 250 g/mol. The zero-order valence-electron chi connectivity index (χ0n) is 11.7. The average Bonchev–Trinajstić information content (AvgIpc) is 2.89. The van der Waals surface area contributed by atoms with Gasteiger partial charge in [-0.3, -0.25) is 4.79 Å². The molecule has 2 heterocycles. The Morgan fingerprint density at radius 2 is 2.20 bits per heavy atom. The van der Waals surface area contributed by atoms with Crippen molar-refractivity contribution in [2.75, 3.05) is 0 Å². The van der Waals surface area contributed by atoms with E-state index in [-0.39, 0.29) is 11.9 Å². The second kappa shape index (κ2) is 5.49. The van der Waals surface area contributed by atoms with Crippen molar-refractivity contribution < 1.29 is 4.79 Å². The van der Waals surface area contributed by atoms with Gasteiger partial charge in [0.05, 0.1) is 12.7 Å². The van der Waals surface area contributed by atoms with Crippen molar-refractivity contribution >= 4 is 5.91 Å². The number of benzene rings is 1. The molecular formula is C16H19N3O. The number of fused-ring (bicyclic) bond motifs is 1. The number of amides is 1. The first-order valence-electron chi connectivity index (χ1n) is 7.04. The predicted octanol–water partition coefficient (Wildman–Crippen LogP) is 1.87. The van der Waals surface area contributed by atoms with Gasteiger partial charge in [-0.2, -0.15) is 0 Å². The lowest BCUT2D eigenvalue weighted by atomic mass is 10.0. The number of rotatable bonds is 3. The van der Waals surface area contributed by atoms with Crippen molar-refractivity contribution in [1.82, 2.24) is 14.9 Å². The molecule has 1 N–H and O–H groups in total. The molecule has 1 aromatic heterocycles. The summed E-state index contributed by atoms with van der Waals surface area (Å²) in [5.74, 6) is 0.104. The van der Waals surface area contributed by atoms with Gasteiger partial charge >= 0.3 is 0 Å². The van der Waals surface area contributed by atoms with E-state index in [1.54, 1.807) is 0 Å². The molecule has 2 aromatic rings. The Morgan fingerprint density at radius 3 is 3.00 bits per heavy atom. The summed E-state index contributed by atoms with van der Waals surface area (Å²) >= 11 is 0. The van der Waals surface area contributed by atoms with Crippen LogP contribution < -0.4 is 5.32 Å². The van der Waals surface area contributed by atoms with Gasteiger partial charge in [-0.15, -0.1) is 0 Å². The van der Waals surface area contributed by atoms with Crippen LogP contribution in [0.2, 0.25) is 0 Å². The van der Waals surface area contributed by atoms with Crippen molar-refractivity contribution in [1.29, 1.82) is 0 Å². The predicted molar refractivity (Wildman–Crippen MR) is 77.4 cm³/mol. The Bertz CT molecular complexity index is 600. The number of nitrogens with one attached hydrogen (secondary N) is 1. The van der Waals surface area contributed by atoms with Gasteiger partial charge in [-0.25, -0.2) is 4.98 Å². The summed E-state index contributed by atoms with van der Waals surface area (Å²) in [7, 11) is 0. The summed E-state index contributed by atoms with van der Waals surface area (Å²) in [5, 5.41) is 3.13. The molecule has 1 aromatic carbocycles. The molecule has 1 amide bonds. The number of carbonyl (C=O) groups is 1. The van der Waals surface area contributed by atoms with Gasteiger partial charge in [0, 0.05) is 30.9 Å². The molecule has 104 valence electrons. The van der Waals surface area contributed by atoms with Crippen LogP contribution in [0.4, 0.5) is 0 Å². The maximum atomic E-state index is 12.1. The molecule has 4 heteroatoms. The highest BCUT2D eigenvalue weighted by Crippen LogP contribution is 2.14. The lowest BCUT2D eigenvalue weighted by Gasteiger charge is -2.24. The van der Waals surface area contributed by atoms with E-state index in [0.29, 0.717) is 6.42 Å². The maximum absolute atomic E-state index is 12.1. The first-order valence-corrected chi connectivity index (χ1v) is 7.04. The van der Waals surface area contributed by atoms with Gasteiger partial charge in [0.25, 0.3) is 0 Å². The van der Waals surface area contributed by atoms with Gasteiger partial charge in [0.1, 0.15) is 0 Å². The highest BCUT2D eigenvalue weighted by molar-refractivity contribution is 5.78. The number of hydrogen-bond donors (Lipinski definition) is 1. The Labute approximate surface area is 118 Å². The van der Waals surface area contributed by atoms with E-state index in [9.17, 15) is 4.79 Å². The molecule has 1 unspecified atom stereocenters. The molecule has 0 radical (unpaired) electrons. The molecule has 1 aliphatic heterocycles. The van der Waals surface area contributed by atoms with Crippen molar-refractivity contribution in [2.24, 2.45) is 0 Å². The van der Waals surface area contributed by atoms with E-state index in [1.807, 2.05) is 36.8 Å². The molecule has 0 saturated heterocycles. The lowest BCUT2D eigenvalue weighted by Crippen LogP contribution is -2.40. The third-order valence-corrected chi connectivity index (χ3v) is 3.82. The van der Waals surface area contributed by atoms with Crippen molar-refractivity contribution in [3.63, 3.8) is 0 Å². The maximum Gasteiger partial charge on any atom is 0.224 e. The average molecular weight is 269 g/mol. The largest absolute Gasteiger partial charge is 0.353 e. The molecule has 20 heavy (non-hydrogen) atoms. The molecule has 0 fully saturated rings. The SMILES string of the molecule is Cc1ccc(CC(=O)NC2CCn3cncc3C2)cc1. The van der Waals surface area contributed by atoms with E-state index >= 15 is 0 Å². The molecule has 0 bridgehead atoms. The second-order valence-electron chi connectivity index (χ2n) is 5.50. The first-order chi connectivity index (χ1) is 9.70. The van der Waals surface area contributed by atoms with Crippen LogP contribution in [-0.2, 0) is 24.2 Å². The number of nitrogens with zero attached hydrogens (tertiary/aromatic N) is 2. The molecule has 4 nitrogen and oxygen atoms in total. The number of hydrogen-bond acceptors (Lipinski definition) is 2. The summed E-state index contributed by atoms with van der Waals surface area (Å²) in [6, 6.07) is 8.36. The van der Waals surface area contributed by atoms with Gasteiger partial charge in [-0.05, 0) is 18.9 Å². The molecule has 0 spiro atoms. The van der Waals surface area contributed by atoms with Gasteiger partial charge in [-0.1, -0.05) is 29.8 Å². The van der Waals surface area contributed by atoms with Gasteiger partial charge in [0.15, 0.2) is 0 Å². The lowest BCUT2D eigenvalue weighted by molar-refractivity contribution is -0.121. The monoisotopic (exact) mass is 269 g/mol. The van der Waals surface area contributed by atoms with Crippen molar-refractivity contribution in [3.8, 4) is 0 Å². The number of imidazole rings is 1. The van der Waals surface area contributed by atoms with E-state index in [0.717, 1.165) is 24.9 Å². The van der Waals surface area contributed by atoms with Crippen LogP contribution in [0.1, 0.15) is 23.2 Å². The molecule has 0 saturated carbocycles. The Kier molecular flexibility index (Phi) is 3.54. The number of aromatic nitrogens is 2. The normalized spacial score (nSPS) is 17.6. The quantitative estimate of drug-likeness (QED) is 0.924. The standard InChI is InChI=1S/C16H19N3O/c1-12-2-4-13(5-3-12)8-16(20)18-14-6-7-19-11-17-10-15(19)9-14/h2-5,10-11,14H,6-9H2,1H3,(H,18,20). The molecule has 1 atom stereocenters. The third kappa shape index (κ3) is 2.90. The van der Waals surface area contributed by atoms with Crippen LogP contribution in [0, 0.1) is 6.92 Å². The molecule has 3 rings (SSSR count). The summed E-state index contributed by atoms with van der Waals surface area (Å²) in [6.07, 6.45) is 6.05. The highest BCUT2D eigenvalue weighted by atomic mass is 16.1. The minimum Gasteiger partial charge on any atom is -0.353 e.